The Morgan fingerprint density at radius 2 is 2.04 bits per heavy atom. The number of hydrogen-bond donors (Lipinski definition) is 1. The number of hydrogen-bond acceptors (Lipinski definition) is 4. The van der Waals surface area contributed by atoms with Crippen molar-refractivity contribution in [2.75, 3.05) is 32.8 Å². The topological polar surface area (TPSA) is 59.4 Å². The van der Waals surface area contributed by atoms with Gasteiger partial charge in [0.15, 0.2) is 0 Å². The molecular weight excluding hydrogens is 340 g/mol. The highest BCUT2D eigenvalue weighted by Crippen LogP contribution is 2.13. The third kappa shape index (κ3) is 5.17. The van der Waals surface area contributed by atoms with Gasteiger partial charge in [0.2, 0.25) is 0 Å². The van der Waals surface area contributed by atoms with Crippen molar-refractivity contribution in [1.29, 1.82) is 0 Å². The molecule has 3 rings (SSSR count). The molecule has 146 valence electrons. The van der Waals surface area contributed by atoms with Crippen LogP contribution in [0.3, 0.4) is 0 Å². The fourth-order valence-corrected chi connectivity index (χ4v) is 3.54. The molecule has 0 radical (unpaired) electrons. The zero-order valence-electron chi connectivity index (χ0n) is 16.7. The van der Waals surface area contributed by atoms with E-state index in [2.05, 4.69) is 29.2 Å². The minimum atomic E-state index is -0.0699. The van der Waals surface area contributed by atoms with E-state index in [0.717, 1.165) is 43.3 Å². The Kier molecular flexibility index (Phi) is 6.29. The normalized spacial score (nSPS) is 18.0. The second-order valence-electron chi connectivity index (χ2n) is 7.74. The first-order chi connectivity index (χ1) is 12.9. The number of rotatable bonds is 6. The average molecular weight is 370 g/mol. The van der Waals surface area contributed by atoms with Crippen LogP contribution in [0.4, 0.5) is 0 Å². The van der Waals surface area contributed by atoms with Crippen LogP contribution in [0.2, 0.25) is 0 Å². The Balaban J connectivity index is 1.54. The largest absolute Gasteiger partial charge is 0.374 e. The smallest absolute Gasteiger partial charge is 0.251 e. The minimum Gasteiger partial charge on any atom is -0.374 e. The summed E-state index contributed by atoms with van der Waals surface area (Å²) in [5, 5.41) is 7.48. The summed E-state index contributed by atoms with van der Waals surface area (Å²) in [6.45, 7) is 12.6. The van der Waals surface area contributed by atoms with Crippen molar-refractivity contribution in [3.8, 4) is 5.69 Å². The summed E-state index contributed by atoms with van der Waals surface area (Å²) >= 11 is 0. The van der Waals surface area contributed by atoms with Gasteiger partial charge in [-0.15, -0.1) is 0 Å². The Morgan fingerprint density at radius 1 is 1.30 bits per heavy atom. The maximum Gasteiger partial charge on any atom is 0.251 e. The third-order valence-electron chi connectivity index (χ3n) is 4.72. The van der Waals surface area contributed by atoms with Crippen molar-refractivity contribution < 1.29 is 9.53 Å². The van der Waals surface area contributed by atoms with Crippen LogP contribution in [-0.2, 0) is 4.74 Å². The fraction of sp³-hybridized carbons (Fsp3) is 0.524. The average Bonchev–Trinajstić information content (AvgIpc) is 2.98. The van der Waals surface area contributed by atoms with Crippen LogP contribution in [0.5, 0.6) is 0 Å². The van der Waals surface area contributed by atoms with Crippen LogP contribution >= 0.6 is 0 Å². The molecule has 1 fully saturated rings. The van der Waals surface area contributed by atoms with Gasteiger partial charge in [-0.3, -0.25) is 9.69 Å². The molecule has 6 heteroatoms. The molecule has 1 aromatic carbocycles. The lowest BCUT2D eigenvalue weighted by Crippen LogP contribution is -2.48. The molecule has 0 saturated carbocycles. The molecule has 1 aromatic heterocycles. The lowest BCUT2D eigenvalue weighted by Gasteiger charge is -2.33. The van der Waals surface area contributed by atoms with Crippen molar-refractivity contribution in [3.63, 3.8) is 0 Å². The molecule has 1 unspecified atom stereocenters. The van der Waals surface area contributed by atoms with Crippen molar-refractivity contribution in [2.45, 2.75) is 33.8 Å². The molecule has 6 nitrogen and oxygen atoms in total. The van der Waals surface area contributed by atoms with Crippen LogP contribution in [0, 0.1) is 19.8 Å². The summed E-state index contributed by atoms with van der Waals surface area (Å²) in [5.74, 6) is 0.568. The first-order valence-electron chi connectivity index (χ1n) is 9.68. The van der Waals surface area contributed by atoms with E-state index in [1.54, 1.807) is 0 Å². The maximum atomic E-state index is 12.5. The van der Waals surface area contributed by atoms with E-state index < -0.39 is 0 Å². The van der Waals surface area contributed by atoms with Crippen molar-refractivity contribution >= 4 is 5.91 Å². The highest BCUT2D eigenvalue weighted by molar-refractivity contribution is 5.94. The zero-order valence-corrected chi connectivity index (χ0v) is 16.7. The lowest BCUT2D eigenvalue weighted by molar-refractivity contribution is -0.0295. The van der Waals surface area contributed by atoms with E-state index in [1.807, 2.05) is 48.9 Å². The summed E-state index contributed by atoms with van der Waals surface area (Å²) in [4.78, 5) is 14.9. The summed E-state index contributed by atoms with van der Waals surface area (Å²) in [7, 11) is 0. The Morgan fingerprint density at radius 3 is 2.67 bits per heavy atom. The van der Waals surface area contributed by atoms with E-state index >= 15 is 0 Å². The third-order valence-corrected chi connectivity index (χ3v) is 4.72. The van der Waals surface area contributed by atoms with E-state index in [-0.39, 0.29) is 12.0 Å². The highest BCUT2D eigenvalue weighted by Gasteiger charge is 2.21. The SMILES string of the molecule is Cc1cc(C)n(-c2ccc(C(=O)NCC3CN(CC(C)C)CCO3)cc2)n1. The molecule has 2 heterocycles. The van der Waals surface area contributed by atoms with Gasteiger partial charge < -0.3 is 10.1 Å². The lowest BCUT2D eigenvalue weighted by atomic mass is 10.1. The van der Waals surface area contributed by atoms with Gasteiger partial charge in [0.1, 0.15) is 0 Å². The second-order valence-corrected chi connectivity index (χ2v) is 7.74. The molecule has 1 amide bonds. The molecule has 1 aliphatic rings. The molecule has 1 N–H and O–H groups in total. The molecule has 1 saturated heterocycles. The van der Waals surface area contributed by atoms with Gasteiger partial charge in [-0.25, -0.2) is 4.68 Å². The van der Waals surface area contributed by atoms with Crippen LogP contribution in [0.15, 0.2) is 30.3 Å². The predicted octanol–water partition coefficient (Wildman–Crippen LogP) is 2.58. The molecule has 0 bridgehead atoms. The van der Waals surface area contributed by atoms with Gasteiger partial charge in [0.05, 0.1) is 24.1 Å². The van der Waals surface area contributed by atoms with Gasteiger partial charge >= 0.3 is 0 Å². The van der Waals surface area contributed by atoms with Gasteiger partial charge in [-0.2, -0.15) is 5.10 Å². The second kappa shape index (κ2) is 8.67. The first-order valence-corrected chi connectivity index (χ1v) is 9.68. The number of carbonyl (C=O) groups is 1. The molecule has 1 aliphatic heterocycles. The minimum absolute atomic E-state index is 0.0513. The van der Waals surface area contributed by atoms with Crippen LogP contribution in [0.1, 0.15) is 35.6 Å². The summed E-state index contributed by atoms with van der Waals surface area (Å²) < 4.78 is 7.69. The Hall–Kier alpha value is -2.18. The van der Waals surface area contributed by atoms with E-state index in [1.165, 1.54) is 0 Å². The number of morpholine rings is 1. The van der Waals surface area contributed by atoms with Gasteiger partial charge in [0, 0.05) is 37.4 Å². The molecule has 1 atom stereocenters. The maximum absolute atomic E-state index is 12.5. The number of carbonyl (C=O) groups excluding carboxylic acids is 1. The first kappa shape index (κ1) is 19.6. The number of amides is 1. The molecule has 2 aromatic rings. The number of benzene rings is 1. The highest BCUT2D eigenvalue weighted by atomic mass is 16.5. The number of ether oxygens (including phenoxy) is 1. The van der Waals surface area contributed by atoms with Crippen LogP contribution in [0.25, 0.3) is 5.69 Å². The number of nitrogens with zero attached hydrogens (tertiary/aromatic N) is 3. The van der Waals surface area contributed by atoms with Gasteiger partial charge in [-0.1, -0.05) is 13.8 Å². The summed E-state index contributed by atoms with van der Waals surface area (Å²) in [5.41, 5.74) is 3.66. The fourth-order valence-electron chi connectivity index (χ4n) is 3.54. The molecule has 0 aliphatic carbocycles. The Bertz CT molecular complexity index is 767. The van der Waals surface area contributed by atoms with Crippen molar-refractivity contribution in [2.24, 2.45) is 5.92 Å². The van der Waals surface area contributed by atoms with Crippen LogP contribution in [-0.4, -0.2) is 59.5 Å². The number of aromatic nitrogens is 2. The predicted molar refractivity (Wildman–Crippen MR) is 106 cm³/mol. The summed E-state index contributed by atoms with van der Waals surface area (Å²) in [6.07, 6.45) is 0.0513. The van der Waals surface area contributed by atoms with E-state index in [0.29, 0.717) is 18.0 Å². The van der Waals surface area contributed by atoms with Crippen molar-refractivity contribution in [1.82, 2.24) is 20.0 Å². The van der Waals surface area contributed by atoms with E-state index in [4.69, 9.17) is 4.74 Å². The molecular formula is C21H30N4O2. The monoisotopic (exact) mass is 370 g/mol. The van der Waals surface area contributed by atoms with Gasteiger partial charge in [0.25, 0.3) is 5.91 Å². The summed E-state index contributed by atoms with van der Waals surface area (Å²) in [6, 6.07) is 9.57. The number of aryl methyl sites for hydroxylation is 2. The van der Waals surface area contributed by atoms with Crippen LogP contribution < -0.4 is 5.32 Å². The number of nitrogens with one attached hydrogen (secondary N) is 1. The zero-order chi connectivity index (χ0) is 19.4. The Labute approximate surface area is 161 Å². The quantitative estimate of drug-likeness (QED) is 0.849. The van der Waals surface area contributed by atoms with Gasteiger partial charge in [-0.05, 0) is 50.1 Å². The van der Waals surface area contributed by atoms with E-state index in [9.17, 15) is 4.79 Å². The van der Waals surface area contributed by atoms with Crippen molar-refractivity contribution in [3.05, 3.63) is 47.3 Å². The molecule has 27 heavy (non-hydrogen) atoms. The molecule has 0 spiro atoms. The standard InChI is InChI=1S/C21H30N4O2/c1-15(2)13-24-9-10-27-20(14-24)12-22-21(26)18-5-7-19(8-6-18)25-17(4)11-16(3)23-25/h5-8,11,15,20H,9-10,12-14H2,1-4H3,(H,22,26).